The van der Waals surface area contributed by atoms with E-state index in [-0.39, 0.29) is 5.92 Å². The molecule has 4 rings (SSSR count). The predicted octanol–water partition coefficient (Wildman–Crippen LogP) is 7.79. The fourth-order valence-corrected chi connectivity index (χ4v) is 6.57. The van der Waals surface area contributed by atoms with Gasteiger partial charge in [0.25, 0.3) is 0 Å². The lowest BCUT2D eigenvalue weighted by Gasteiger charge is -2.45. The van der Waals surface area contributed by atoms with Crippen LogP contribution in [0.25, 0.3) is 0 Å². The van der Waals surface area contributed by atoms with E-state index in [1.54, 1.807) is 0 Å². The standard InChI is InChI=1S/C25H33F3/c1-2-3-16-4-5-21-13-20(11-10-19(21)12-16)17-6-8-18(9-7-17)22-14-23(26)25(28)24(27)15-22/h2-3,14-21H,4-13H2,1H3/b3-2+. The molecule has 0 aliphatic heterocycles. The molecule has 0 radical (unpaired) electrons. The van der Waals surface area contributed by atoms with Gasteiger partial charge in [0.05, 0.1) is 0 Å². The van der Waals surface area contributed by atoms with Gasteiger partial charge in [-0.1, -0.05) is 12.2 Å². The molecule has 0 nitrogen and oxygen atoms in total. The van der Waals surface area contributed by atoms with Gasteiger partial charge in [-0.05, 0) is 124 Å². The fraction of sp³-hybridized carbons (Fsp3) is 0.680. The summed E-state index contributed by atoms with van der Waals surface area (Å²) in [6.07, 6.45) is 17.1. The number of benzene rings is 1. The van der Waals surface area contributed by atoms with Gasteiger partial charge in [-0.25, -0.2) is 13.2 Å². The van der Waals surface area contributed by atoms with Crippen LogP contribution in [0, 0.1) is 47.0 Å². The van der Waals surface area contributed by atoms with Gasteiger partial charge >= 0.3 is 0 Å². The van der Waals surface area contributed by atoms with Gasteiger partial charge in [0.1, 0.15) is 0 Å². The topological polar surface area (TPSA) is 0 Å². The van der Waals surface area contributed by atoms with Crippen molar-refractivity contribution in [3.8, 4) is 0 Å². The number of rotatable bonds is 3. The van der Waals surface area contributed by atoms with Crippen LogP contribution >= 0.6 is 0 Å². The molecule has 3 heteroatoms. The van der Waals surface area contributed by atoms with E-state index >= 15 is 0 Å². The number of fused-ring (bicyclic) bond motifs is 1. The third-order valence-electron chi connectivity index (χ3n) is 8.07. The molecular formula is C25H33F3. The summed E-state index contributed by atoms with van der Waals surface area (Å²) in [7, 11) is 0. The number of allylic oxidation sites excluding steroid dienone is 2. The summed E-state index contributed by atoms with van der Waals surface area (Å²) in [5, 5.41) is 0. The Morgan fingerprint density at radius 1 is 0.714 bits per heavy atom. The van der Waals surface area contributed by atoms with Gasteiger partial charge in [-0.3, -0.25) is 0 Å². The molecule has 0 amide bonds. The van der Waals surface area contributed by atoms with E-state index in [9.17, 15) is 13.2 Å². The van der Waals surface area contributed by atoms with E-state index in [1.807, 2.05) is 0 Å². The molecular weight excluding hydrogens is 357 g/mol. The fourth-order valence-electron chi connectivity index (χ4n) is 6.57. The van der Waals surface area contributed by atoms with Crippen molar-refractivity contribution in [2.45, 2.75) is 77.0 Å². The Balaban J connectivity index is 1.31. The second-order valence-corrected chi connectivity index (χ2v) is 9.60. The Bertz CT molecular complexity index is 679. The van der Waals surface area contributed by atoms with E-state index in [0.29, 0.717) is 5.56 Å². The van der Waals surface area contributed by atoms with Crippen molar-refractivity contribution >= 4 is 0 Å². The van der Waals surface area contributed by atoms with Crippen molar-refractivity contribution in [3.05, 3.63) is 47.3 Å². The molecule has 1 aromatic rings. The van der Waals surface area contributed by atoms with E-state index in [2.05, 4.69) is 19.1 Å². The maximum absolute atomic E-state index is 13.6. The van der Waals surface area contributed by atoms with Crippen molar-refractivity contribution in [2.24, 2.45) is 29.6 Å². The van der Waals surface area contributed by atoms with Gasteiger partial charge in [-0.2, -0.15) is 0 Å². The number of halogens is 3. The molecule has 3 fully saturated rings. The first kappa shape index (κ1) is 20.0. The third kappa shape index (κ3) is 4.19. The number of hydrogen-bond donors (Lipinski definition) is 0. The minimum absolute atomic E-state index is 0.174. The highest BCUT2D eigenvalue weighted by Crippen LogP contribution is 2.50. The third-order valence-corrected chi connectivity index (χ3v) is 8.07. The Hall–Kier alpha value is -1.25. The highest BCUT2D eigenvalue weighted by atomic mass is 19.2. The molecule has 0 N–H and O–H groups in total. The van der Waals surface area contributed by atoms with Crippen LogP contribution in [0.1, 0.15) is 82.6 Å². The van der Waals surface area contributed by atoms with Crippen LogP contribution in [-0.4, -0.2) is 0 Å². The second kappa shape index (κ2) is 8.63. The van der Waals surface area contributed by atoms with Gasteiger partial charge < -0.3 is 0 Å². The van der Waals surface area contributed by atoms with Crippen LogP contribution in [0.15, 0.2) is 24.3 Å². The number of hydrogen-bond acceptors (Lipinski definition) is 0. The highest BCUT2D eigenvalue weighted by molar-refractivity contribution is 5.23. The predicted molar refractivity (Wildman–Crippen MR) is 107 cm³/mol. The minimum atomic E-state index is -1.35. The lowest BCUT2D eigenvalue weighted by molar-refractivity contribution is 0.0718. The zero-order valence-electron chi connectivity index (χ0n) is 17.0. The zero-order valence-corrected chi connectivity index (χ0v) is 17.0. The average molecular weight is 391 g/mol. The molecule has 3 aliphatic carbocycles. The Morgan fingerprint density at radius 3 is 1.89 bits per heavy atom. The molecule has 28 heavy (non-hydrogen) atoms. The molecule has 0 saturated heterocycles. The first-order valence-electron chi connectivity index (χ1n) is 11.3. The van der Waals surface area contributed by atoms with Crippen LogP contribution in [0.3, 0.4) is 0 Å². The molecule has 154 valence electrons. The Labute approximate surface area is 167 Å². The summed E-state index contributed by atoms with van der Waals surface area (Å²) in [6, 6.07) is 2.41. The van der Waals surface area contributed by atoms with Gasteiger partial charge in [0, 0.05) is 0 Å². The largest absolute Gasteiger partial charge is 0.204 e. The van der Waals surface area contributed by atoms with Gasteiger partial charge in [0.2, 0.25) is 0 Å². The Morgan fingerprint density at radius 2 is 1.25 bits per heavy atom. The van der Waals surface area contributed by atoms with Crippen LogP contribution in [0.5, 0.6) is 0 Å². The van der Waals surface area contributed by atoms with Crippen LogP contribution in [-0.2, 0) is 0 Å². The molecule has 0 aromatic heterocycles. The van der Waals surface area contributed by atoms with Crippen LogP contribution in [0.2, 0.25) is 0 Å². The van der Waals surface area contributed by atoms with E-state index in [1.165, 1.54) is 50.7 Å². The monoisotopic (exact) mass is 390 g/mol. The van der Waals surface area contributed by atoms with Crippen molar-refractivity contribution in [3.63, 3.8) is 0 Å². The van der Waals surface area contributed by atoms with Crippen molar-refractivity contribution in [1.82, 2.24) is 0 Å². The summed E-state index contributed by atoms with van der Waals surface area (Å²) >= 11 is 0. The second-order valence-electron chi connectivity index (χ2n) is 9.60. The summed E-state index contributed by atoms with van der Waals surface area (Å²) in [4.78, 5) is 0. The first-order chi connectivity index (χ1) is 13.5. The molecule has 0 heterocycles. The van der Waals surface area contributed by atoms with E-state index < -0.39 is 17.5 Å². The average Bonchev–Trinajstić information content (AvgIpc) is 2.71. The van der Waals surface area contributed by atoms with Crippen molar-refractivity contribution in [1.29, 1.82) is 0 Å². The summed E-state index contributed by atoms with van der Waals surface area (Å²) in [5.41, 5.74) is 0.640. The highest BCUT2D eigenvalue weighted by Gasteiger charge is 2.38. The van der Waals surface area contributed by atoms with Gasteiger partial charge in [0.15, 0.2) is 17.5 Å². The van der Waals surface area contributed by atoms with E-state index in [4.69, 9.17) is 0 Å². The molecule has 4 unspecified atom stereocenters. The zero-order chi connectivity index (χ0) is 19.7. The van der Waals surface area contributed by atoms with Crippen molar-refractivity contribution < 1.29 is 13.2 Å². The molecule has 3 aliphatic rings. The Kier molecular flexibility index (Phi) is 6.18. The summed E-state index contributed by atoms with van der Waals surface area (Å²) in [6.45, 7) is 2.13. The van der Waals surface area contributed by atoms with Crippen LogP contribution < -0.4 is 0 Å². The molecule has 1 aromatic carbocycles. The smallest absolute Gasteiger partial charge is 0.194 e. The normalized spacial score (nSPS) is 36.4. The maximum Gasteiger partial charge on any atom is 0.194 e. The first-order valence-corrected chi connectivity index (χ1v) is 11.3. The lowest BCUT2D eigenvalue weighted by atomic mass is 9.61. The SMILES string of the molecule is C/C=C/C1CCC2CC(C3CCC(c4cc(F)c(F)c(F)c4)CC3)CCC2C1. The van der Waals surface area contributed by atoms with Crippen molar-refractivity contribution in [2.75, 3.05) is 0 Å². The molecule has 0 bridgehead atoms. The van der Waals surface area contributed by atoms with E-state index in [0.717, 1.165) is 55.3 Å². The quantitative estimate of drug-likeness (QED) is 0.365. The summed E-state index contributed by atoms with van der Waals surface area (Å²) < 4.78 is 40.4. The van der Waals surface area contributed by atoms with Gasteiger partial charge in [-0.15, -0.1) is 0 Å². The van der Waals surface area contributed by atoms with Crippen LogP contribution in [0.4, 0.5) is 13.2 Å². The lowest BCUT2D eigenvalue weighted by Crippen LogP contribution is -2.34. The minimum Gasteiger partial charge on any atom is -0.204 e. The maximum atomic E-state index is 13.6. The summed E-state index contributed by atoms with van der Waals surface area (Å²) in [5.74, 6) is 0.961. The molecule has 4 atom stereocenters. The molecule has 3 saturated carbocycles. The molecule has 0 spiro atoms.